The number of aliphatic carboxylic acids is 1. The molecule has 0 radical (unpaired) electrons. The second-order valence-corrected chi connectivity index (χ2v) is 12.4. The first kappa shape index (κ1) is 28.2. The number of hydrogen-bond donors (Lipinski definition) is 7. The minimum Gasteiger partial charge on any atom is -0.508 e. The SMILES string of the molecule is COC1CCCC(CCC2CCC(O)C3C(=O)C4=C(O)C5(O)C(O)=C(C(=O)O)C(=O)CC5(O)CC4(O)CC23)C1. The number of carbonyl (C=O) groups excluding carboxylic acids is 2. The van der Waals surface area contributed by atoms with E-state index in [1.165, 1.54) is 0 Å². The van der Waals surface area contributed by atoms with E-state index in [1.54, 1.807) is 7.11 Å². The van der Waals surface area contributed by atoms with Gasteiger partial charge in [-0.05, 0) is 56.3 Å². The summed E-state index contributed by atoms with van der Waals surface area (Å²) >= 11 is 0. The van der Waals surface area contributed by atoms with Crippen LogP contribution in [0.2, 0.25) is 0 Å². The Labute approximate surface area is 225 Å². The molecule has 39 heavy (non-hydrogen) atoms. The molecule has 0 aromatic carbocycles. The zero-order valence-corrected chi connectivity index (χ0v) is 22.0. The topological polar surface area (TPSA) is 202 Å². The van der Waals surface area contributed by atoms with E-state index in [-0.39, 0.29) is 18.4 Å². The third-order valence-corrected chi connectivity index (χ3v) is 10.3. The summed E-state index contributed by atoms with van der Waals surface area (Å²) in [5.74, 6) is -7.64. The van der Waals surface area contributed by atoms with E-state index in [0.29, 0.717) is 18.8 Å². The smallest absolute Gasteiger partial charge is 0.342 e. The maximum Gasteiger partial charge on any atom is 0.342 e. The Bertz CT molecular complexity index is 1140. The number of ketones is 2. The van der Waals surface area contributed by atoms with Crippen molar-refractivity contribution in [3.8, 4) is 0 Å². The predicted octanol–water partition coefficient (Wildman–Crippen LogP) is 1.23. The second-order valence-electron chi connectivity index (χ2n) is 12.4. The monoisotopic (exact) mass is 550 g/mol. The van der Waals surface area contributed by atoms with Crippen molar-refractivity contribution in [3.63, 3.8) is 0 Å². The molecule has 0 spiro atoms. The van der Waals surface area contributed by atoms with Crippen LogP contribution in [0.4, 0.5) is 0 Å². The van der Waals surface area contributed by atoms with Gasteiger partial charge in [0.05, 0.1) is 29.3 Å². The molecule has 0 aromatic rings. The van der Waals surface area contributed by atoms with Crippen LogP contribution in [0.5, 0.6) is 0 Å². The number of Topliss-reactive ketones (excluding diaryl/α,β-unsaturated/α-hetero) is 2. The number of ether oxygens (including phenoxy) is 1. The Hall–Kier alpha value is -2.31. The minimum absolute atomic E-state index is 0.0201. The van der Waals surface area contributed by atoms with Crippen molar-refractivity contribution < 1.29 is 54.9 Å². The Kier molecular flexibility index (Phi) is 6.99. The lowest BCUT2D eigenvalue weighted by Crippen LogP contribution is -2.70. The molecule has 11 heteroatoms. The summed E-state index contributed by atoms with van der Waals surface area (Å²) in [6.07, 6.45) is 4.07. The fourth-order valence-electron chi connectivity index (χ4n) is 8.36. The fourth-order valence-corrected chi connectivity index (χ4v) is 8.36. The first-order valence-electron chi connectivity index (χ1n) is 13.8. The summed E-state index contributed by atoms with van der Waals surface area (Å²) in [5.41, 5.74) is -9.88. The number of carbonyl (C=O) groups is 3. The quantitative estimate of drug-likeness (QED) is 0.243. The van der Waals surface area contributed by atoms with Gasteiger partial charge in [0.1, 0.15) is 16.9 Å². The molecule has 3 fully saturated rings. The van der Waals surface area contributed by atoms with E-state index in [4.69, 9.17) is 4.74 Å². The Morgan fingerprint density at radius 1 is 1.03 bits per heavy atom. The molecule has 216 valence electrons. The minimum atomic E-state index is -3.18. The van der Waals surface area contributed by atoms with Gasteiger partial charge in [0.2, 0.25) is 5.60 Å². The number of fused-ring (bicyclic) bond motifs is 3. The average Bonchev–Trinajstić information content (AvgIpc) is 2.85. The number of aliphatic hydroxyl groups is 6. The zero-order valence-electron chi connectivity index (χ0n) is 22.0. The van der Waals surface area contributed by atoms with Crippen molar-refractivity contribution >= 4 is 17.5 Å². The maximum absolute atomic E-state index is 13.8. The van der Waals surface area contributed by atoms with Crippen LogP contribution in [-0.2, 0) is 19.1 Å². The van der Waals surface area contributed by atoms with Crippen molar-refractivity contribution in [2.24, 2.45) is 23.7 Å². The Morgan fingerprint density at radius 2 is 1.74 bits per heavy atom. The van der Waals surface area contributed by atoms with Crippen LogP contribution in [0.25, 0.3) is 0 Å². The molecule has 0 saturated heterocycles. The van der Waals surface area contributed by atoms with E-state index >= 15 is 0 Å². The van der Waals surface area contributed by atoms with Crippen LogP contribution in [0.1, 0.15) is 70.6 Å². The maximum atomic E-state index is 13.8. The number of methoxy groups -OCH3 is 1. The molecule has 0 heterocycles. The zero-order chi connectivity index (χ0) is 28.5. The highest BCUT2D eigenvalue weighted by atomic mass is 16.5. The summed E-state index contributed by atoms with van der Waals surface area (Å²) in [7, 11) is 1.71. The molecule has 11 nitrogen and oxygen atoms in total. The summed E-state index contributed by atoms with van der Waals surface area (Å²) in [6.45, 7) is 0. The lowest BCUT2D eigenvalue weighted by Gasteiger charge is -2.57. The van der Waals surface area contributed by atoms with Crippen molar-refractivity contribution in [1.82, 2.24) is 0 Å². The molecular weight excluding hydrogens is 512 g/mol. The van der Waals surface area contributed by atoms with Crippen LogP contribution in [0.15, 0.2) is 22.7 Å². The molecule has 0 aliphatic heterocycles. The molecule has 0 bridgehead atoms. The van der Waals surface area contributed by atoms with E-state index in [0.717, 1.165) is 38.5 Å². The number of carboxylic acids is 1. The van der Waals surface area contributed by atoms with Crippen LogP contribution < -0.4 is 0 Å². The Morgan fingerprint density at radius 3 is 2.41 bits per heavy atom. The molecule has 0 amide bonds. The van der Waals surface area contributed by atoms with Crippen LogP contribution in [0.3, 0.4) is 0 Å². The van der Waals surface area contributed by atoms with Crippen LogP contribution in [-0.4, -0.2) is 89.4 Å². The summed E-state index contributed by atoms with van der Waals surface area (Å²) in [6, 6.07) is 0. The van der Waals surface area contributed by atoms with Gasteiger partial charge in [-0.25, -0.2) is 4.79 Å². The van der Waals surface area contributed by atoms with Crippen molar-refractivity contribution in [1.29, 1.82) is 0 Å². The molecular formula is C28H38O11. The van der Waals surface area contributed by atoms with E-state index < -0.39 is 87.8 Å². The van der Waals surface area contributed by atoms with Gasteiger partial charge in [-0.1, -0.05) is 19.3 Å². The molecule has 5 rings (SSSR count). The van der Waals surface area contributed by atoms with Crippen molar-refractivity contribution in [2.45, 2.75) is 99.6 Å². The predicted molar refractivity (Wildman–Crippen MR) is 133 cm³/mol. The van der Waals surface area contributed by atoms with E-state index in [1.807, 2.05) is 0 Å². The normalized spacial score (nSPS) is 44.5. The van der Waals surface area contributed by atoms with Gasteiger partial charge < -0.3 is 40.5 Å². The first-order valence-corrected chi connectivity index (χ1v) is 13.8. The van der Waals surface area contributed by atoms with Gasteiger partial charge in [0.25, 0.3) is 0 Å². The summed E-state index contributed by atoms with van der Waals surface area (Å²) in [4.78, 5) is 38.0. The number of carboxylic acid groups (broad SMARTS) is 1. The molecule has 0 aromatic heterocycles. The first-order chi connectivity index (χ1) is 18.3. The van der Waals surface area contributed by atoms with Crippen LogP contribution >= 0.6 is 0 Å². The Balaban J connectivity index is 1.50. The number of hydrogen-bond acceptors (Lipinski definition) is 10. The van der Waals surface area contributed by atoms with Crippen molar-refractivity contribution in [3.05, 3.63) is 22.7 Å². The highest BCUT2D eigenvalue weighted by molar-refractivity contribution is 6.18. The van der Waals surface area contributed by atoms with E-state index in [9.17, 15) is 50.1 Å². The van der Waals surface area contributed by atoms with Gasteiger partial charge in [0, 0.05) is 20.0 Å². The molecule has 5 aliphatic rings. The van der Waals surface area contributed by atoms with Gasteiger partial charge in [-0.3, -0.25) is 9.59 Å². The van der Waals surface area contributed by atoms with Crippen molar-refractivity contribution in [2.75, 3.05) is 7.11 Å². The number of aliphatic hydroxyl groups excluding tert-OH is 3. The summed E-state index contributed by atoms with van der Waals surface area (Å²) < 4.78 is 5.54. The van der Waals surface area contributed by atoms with E-state index in [2.05, 4.69) is 0 Å². The van der Waals surface area contributed by atoms with Gasteiger partial charge in [-0.15, -0.1) is 0 Å². The lowest BCUT2D eigenvalue weighted by atomic mass is 9.51. The third kappa shape index (κ3) is 4.16. The third-order valence-electron chi connectivity index (χ3n) is 10.3. The van der Waals surface area contributed by atoms with Crippen LogP contribution in [0, 0.1) is 23.7 Å². The average molecular weight is 551 g/mol. The van der Waals surface area contributed by atoms with Gasteiger partial charge in [-0.2, -0.15) is 0 Å². The highest BCUT2D eigenvalue weighted by Gasteiger charge is 2.71. The molecule has 7 N–H and O–H groups in total. The second kappa shape index (κ2) is 9.66. The number of rotatable bonds is 5. The standard InChI is InChI=1S/C28H38O11/c1-39-15-4-2-3-13(9-15)5-6-14-7-8-17(29)19-16(14)10-26(36)12-27(37)11-18(30)20(25(34)35)23(32)28(27,38)24(33)21(26)22(19)31/h13-17,19,29,32-33,36-38H,2-12H2,1H3,(H,34,35). The molecule has 3 saturated carbocycles. The fraction of sp³-hybridized carbons (Fsp3) is 0.750. The molecule has 9 unspecified atom stereocenters. The highest BCUT2D eigenvalue weighted by Crippen LogP contribution is 2.59. The van der Waals surface area contributed by atoms with Gasteiger partial charge >= 0.3 is 5.97 Å². The largest absolute Gasteiger partial charge is 0.508 e. The molecule has 9 atom stereocenters. The molecule has 5 aliphatic carbocycles. The lowest BCUT2D eigenvalue weighted by molar-refractivity contribution is -0.202. The van der Waals surface area contributed by atoms with Gasteiger partial charge in [0.15, 0.2) is 17.3 Å². The summed E-state index contributed by atoms with van der Waals surface area (Å²) in [5, 5.41) is 76.6.